The van der Waals surface area contributed by atoms with Gasteiger partial charge in [-0.15, -0.1) is 0 Å². The van der Waals surface area contributed by atoms with Crippen LogP contribution < -0.4 is 15.6 Å². The van der Waals surface area contributed by atoms with E-state index in [-0.39, 0.29) is 12.1 Å². The number of carbonyl (C=O) groups is 1. The normalized spacial score (nSPS) is 10.8. The first kappa shape index (κ1) is 20.6. The molecule has 6 nitrogen and oxygen atoms in total. The van der Waals surface area contributed by atoms with E-state index in [9.17, 15) is 14.0 Å². The minimum absolute atomic E-state index is 0.0688. The molecule has 156 valence electrons. The minimum atomic E-state index is -0.640. The lowest BCUT2D eigenvalue weighted by Gasteiger charge is -2.14. The summed E-state index contributed by atoms with van der Waals surface area (Å²) in [6, 6.07) is 15.8. The average Bonchev–Trinajstić information content (AvgIpc) is 2.77. The zero-order chi connectivity index (χ0) is 22.0. The average molecular weight is 438 g/mol. The van der Waals surface area contributed by atoms with Crippen LogP contribution in [-0.4, -0.2) is 22.6 Å². The molecule has 2 aromatic carbocycles. The highest BCUT2D eigenvalue weighted by atomic mass is 35.5. The molecule has 0 aliphatic carbocycles. The third kappa shape index (κ3) is 4.13. The van der Waals surface area contributed by atoms with Gasteiger partial charge in [0.2, 0.25) is 0 Å². The zero-order valence-corrected chi connectivity index (χ0v) is 17.2. The fourth-order valence-electron chi connectivity index (χ4n) is 3.28. The Balaban J connectivity index is 1.81. The van der Waals surface area contributed by atoms with E-state index in [4.69, 9.17) is 16.3 Å². The highest BCUT2D eigenvalue weighted by Crippen LogP contribution is 2.28. The van der Waals surface area contributed by atoms with E-state index in [1.54, 1.807) is 42.5 Å². The number of hydrogen-bond donors (Lipinski definition) is 1. The molecule has 1 amide bonds. The third-order valence-electron chi connectivity index (χ3n) is 4.79. The number of benzene rings is 2. The van der Waals surface area contributed by atoms with Gasteiger partial charge < -0.3 is 10.1 Å². The molecule has 4 rings (SSSR count). The van der Waals surface area contributed by atoms with Crippen LogP contribution in [0.3, 0.4) is 0 Å². The number of aromatic nitrogens is 2. The van der Waals surface area contributed by atoms with Crippen molar-refractivity contribution < 1.29 is 13.9 Å². The van der Waals surface area contributed by atoms with Gasteiger partial charge in [-0.05, 0) is 42.5 Å². The SMILES string of the molecule is COc1ccc(Cl)cc1NC(=O)c1cc2cccnc2n(Cc2ccccc2F)c1=O. The van der Waals surface area contributed by atoms with Gasteiger partial charge in [-0.3, -0.25) is 14.2 Å². The van der Waals surface area contributed by atoms with Crippen molar-refractivity contribution in [1.82, 2.24) is 9.55 Å². The number of fused-ring (bicyclic) bond motifs is 1. The van der Waals surface area contributed by atoms with Gasteiger partial charge in [0.05, 0.1) is 19.3 Å². The van der Waals surface area contributed by atoms with E-state index in [1.807, 2.05) is 0 Å². The number of carbonyl (C=O) groups excluding carboxylic acids is 1. The van der Waals surface area contributed by atoms with E-state index in [2.05, 4.69) is 10.3 Å². The van der Waals surface area contributed by atoms with Gasteiger partial charge in [-0.25, -0.2) is 9.37 Å². The summed E-state index contributed by atoms with van der Waals surface area (Å²) in [5.41, 5.74) is 0.288. The first-order chi connectivity index (χ1) is 15.0. The molecule has 0 spiro atoms. The Hall–Kier alpha value is -3.71. The number of hydrogen-bond acceptors (Lipinski definition) is 4. The molecule has 0 aliphatic heterocycles. The maximum atomic E-state index is 14.2. The van der Waals surface area contributed by atoms with Crippen LogP contribution in [0.15, 0.2) is 71.7 Å². The van der Waals surface area contributed by atoms with Gasteiger partial charge in [0.15, 0.2) is 0 Å². The molecule has 0 unspecified atom stereocenters. The van der Waals surface area contributed by atoms with E-state index >= 15 is 0 Å². The Morgan fingerprint density at radius 1 is 1.16 bits per heavy atom. The summed E-state index contributed by atoms with van der Waals surface area (Å²) in [5, 5.41) is 3.64. The molecule has 0 saturated carbocycles. The minimum Gasteiger partial charge on any atom is -0.495 e. The predicted octanol–water partition coefficient (Wildman–Crippen LogP) is 4.50. The summed E-state index contributed by atoms with van der Waals surface area (Å²) >= 11 is 6.03. The molecular formula is C23H17ClFN3O3. The molecule has 0 saturated heterocycles. The smallest absolute Gasteiger partial charge is 0.265 e. The van der Waals surface area contributed by atoms with Crippen molar-refractivity contribution in [3.05, 3.63) is 99.2 Å². The maximum absolute atomic E-state index is 14.2. The van der Waals surface area contributed by atoms with Crippen LogP contribution in [0.4, 0.5) is 10.1 Å². The van der Waals surface area contributed by atoms with Crippen LogP contribution in [0.1, 0.15) is 15.9 Å². The number of methoxy groups -OCH3 is 1. The maximum Gasteiger partial charge on any atom is 0.265 e. The first-order valence-corrected chi connectivity index (χ1v) is 9.72. The fraction of sp³-hybridized carbons (Fsp3) is 0.0870. The van der Waals surface area contributed by atoms with Gasteiger partial charge in [-0.1, -0.05) is 29.8 Å². The van der Waals surface area contributed by atoms with Crippen molar-refractivity contribution in [1.29, 1.82) is 0 Å². The Morgan fingerprint density at radius 2 is 1.97 bits per heavy atom. The van der Waals surface area contributed by atoms with Gasteiger partial charge in [0.25, 0.3) is 11.5 Å². The number of anilines is 1. The summed E-state index contributed by atoms with van der Waals surface area (Å²) in [4.78, 5) is 30.5. The Bertz CT molecular complexity index is 1350. The van der Waals surface area contributed by atoms with Crippen molar-refractivity contribution >= 4 is 34.2 Å². The van der Waals surface area contributed by atoms with Gasteiger partial charge in [0, 0.05) is 22.2 Å². The molecule has 2 heterocycles. The summed E-state index contributed by atoms with van der Waals surface area (Å²) in [6.07, 6.45) is 1.54. The molecule has 0 bridgehead atoms. The highest BCUT2D eigenvalue weighted by Gasteiger charge is 2.19. The molecule has 2 aromatic heterocycles. The Morgan fingerprint density at radius 3 is 2.74 bits per heavy atom. The van der Waals surface area contributed by atoms with E-state index < -0.39 is 17.3 Å². The topological polar surface area (TPSA) is 73.2 Å². The lowest BCUT2D eigenvalue weighted by atomic mass is 10.1. The fourth-order valence-corrected chi connectivity index (χ4v) is 3.45. The molecule has 8 heteroatoms. The lowest BCUT2D eigenvalue weighted by Crippen LogP contribution is -2.30. The number of amides is 1. The Labute approximate surface area is 181 Å². The van der Waals surface area contributed by atoms with Crippen LogP contribution >= 0.6 is 11.6 Å². The van der Waals surface area contributed by atoms with Gasteiger partial charge in [0.1, 0.15) is 22.8 Å². The monoisotopic (exact) mass is 437 g/mol. The zero-order valence-electron chi connectivity index (χ0n) is 16.4. The molecule has 4 aromatic rings. The number of rotatable bonds is 5. The molecule has 0 aliphatic rings. The van der Waals surface area contributed by atoms with E-state index in [0.29, 0.717) is 33.1 Å². The summed E-state index contributed by atoms with van der Waals surface area (Å²) in [7, 11) is 1.46. The molecule has 0 radical (unpaired) electrons. The summed E-state index contributed by atoms with van der Waals surface area (Å²) in [6.45, 7) is -0.0688. The summed E-state index contributed by atoms with van der Waals surface area (Å²) < 4.78 is 20.8. The first-order valence-electron chi connectivity index (χ1n) is 9.35. The largest absolute Gasteiger partial charge is 0.495 e. The number of halogens is 2. The standard InChI is InChI=1S/C23H17ClFN3O3/c1-31-20-9-8-16(24)12-19(20)27-22(29)17-11-14-6-4-10-26-21(14)28(23(17)30)13-15-5-2-3-7-18(15)25/h2-12H,13H2,1H3,(H,27,29). The second-order valence-electron chi connectivity index (χ2n) is 6.76. The molecule has 1 N–H and O–H groups in total. The van der Waals surface area contributed by atoms with Gasteiger partial charge in [-0.2, -0.15) is 0 Å². The van der Waals surface area contributed by atoms with E-state index in [0.717, 1.165) is 0 Å². The second-order valence-corrected chi connectivity index (χ2v) is 7.19. The number of pyridine rings is 2. The number of nitrogens with zero attached hydrogens (tertiary/aromatic N) is 2. The molecule has 31 heavy (non-hydrogen) atoms. The second kappa shape index (κ2) is 8.57. The van der Waals surface area contributed by atoms with Crippen molar-refractivity contribution in [3.63, 3.8) is 0 Å². The van der Waals surface area contributed by atoms with Crippen LogP contribution in [0, 0.1) is 5.82 Å². The van der Waals surface area contributed by atoms with Crippen LogP contribution in [0.2, 0.25) is 5.02 Å². The Kier molecular flexibility index (Phi) is 5.68. The van der Waals surface area contributed by atoms with Crippen molar-refractivity contribution in [2.45, 2.75) is 6.54 Å². The van der Waals surface area contributed by atoms with E-state index in [1.165, 1.54) is 36.1 Å². The van der Waals surface area contributed by atoms with Crippen LogP contribution in [0.25, 0.3) is 11.0 Å². The van der Waals surface area contributed by atoms with Gasteiger partial charge >= 0.3 is 0 Å². The van der Waals surface area contributed by atoms with Crippen molar-refractivity contribution in [2.75, 3.05) is 12.4 Å². The molecule has 0 atom stereocenters. The van der Waals surface area contributed by atoms with Crippen molar-refractivity contribution in [2.24, 2.45) is 0 Å². The number of nitrogens with one attached hydrogen (secondary N) is 1. The third-order valence-corrected chi connectivity index (χ3v) is 5.02. The number of ether oxygens (including phenoxy) is 1. The molecule has 0 fully saturated rings. The predicted molar refractivity (Wildman–Crippen MR) is 117 cm³/mol. The van der Waals surface area contributed by atoms with Crippen LogP contribution in [0.5, 0.6) is 5.75 Å². The van der Waals surface area contributed by atoms with Crippen LogP contribution in [-0.2, 0) is 6.54 Å². The highest BCUT2D eigenvalue weighted by molar-refractivity contribution is 6.31. The lowest BCUT2D eigenvalue weighted by molar-refractivity contribution is 0.102. The summed E-state index contributed by atoms with van der Waals surface area (Å²) in [5.74, 6) is -0.692. The van der Waals surface area contributed by atoms with Crippen molar-refractivity contribution in [3.8, 4) is 5.75 Å². The quantitative estimate of drug-likeness (QED) is 0.499. The molecular weight excluding hydrogens is 421 g/mol.